The molecule has 1 amide bonds. The van der Waals surface area contributed by atoms with Crippen LogP contribution < -0.4 is 16.0 Å². The van der Waals surface area contributed by atoms with Crippen molar-refractivity contribution in [3.8, 4) is 23.3 Å². The minimum atomic E-state index is -1.15. The lowest BCUT2D eigenvalue weighted by molar-refractivity contribution is -0.0523. The second-order valence-corrected chi connectivity index (χ2v) is 7.99. The number of anilines is 1. The Kier molecular flexibility index (Phi) is 6.70. The number of hydrogen-bond acceptors (Lipinski definition) is 9. The predicted octanol–water partition coefficient (Wildman–Crippen LogP) is 1.32. The van der Waals surface area contributed by atoms with Crippen LogP contribution in [0.4, 0.5) is 5.82 Å². The summed E-state index contributed by atoms with van der Waals surface area (Å²) in [6, 6.07) is 8.66. The number of aliphatic hydroxyl groups is 2. The summed E-state index contributed by atoms with van der Waals surface area (Å²) in [4.78, 5) is 26.3. The summed E-state index contributed by atoms with van der Waals surface area (Å²) in [6.07, 6.45) is 0.721. The molecule has 1 heterocycles. The Bertz CT molecular complexity index is 999. The van der Waals surface area contributed by atoms with Gasteiger partial charge >= 0.3 is 0 Å². The van der Waals surface area contributed by atoms with Gasteiger partial charge in [-0.05, 0) is 45.2 Å². The Hall–Kier alpha value is -3.26. The first-order valence-electron chi connectivity index (χ1n) is 9.85. The van der Waals surface area contributed by atoms with Crippen LogP contribution in [0, 0.1) is 11.3 Å². The maximum Gasteiger partial charge on any atom is 0.284 e. The van der Waals surface area contributed by atoms with Crippen LogP contribution >= 0.6 is 0 Å². The van der Waals surface area contributed by atoms with Crippen molar-refractivity contribution in [2.75, 3.05) is 12.3 Å². The summed E-state index contributed by atoms with van der Waals surface area (Å²) in [5, 5.41) is 29.0. The molecule has 0 saturated heterocycles. The highest BCUT2D eigenvalue weighted by atomic mass is 16.7. The standard InChI is InChI=1S/C21H25N5O5/c1-21(2,29)11-30-26-19(28)16-17(23)24-18(13-6-3-5-12(9-13)10-22)25-20(16)31-15-8-4-7-14(15)27/h3,5-6,9,14-15,27,29H,4,7-8,11H2,1-2H3,(H,26,28)(H2,23,24,25)/t14-,15+/m1/s1. The number of aromatic nitrogens is 2. The summed E-state index contributed by atoms with van der Waals surface area (Å²) in [5.74, 6) is -0.827. The van der Waals surface area contributed by atoms with Gasteiger partial charge < -0.3 is 20.7 Å². The van der Waals surface area contributed by atoms with E-state index < -0.39 is 23.7 Å². The molecule has 1 aliphatic carbocycles. The lowest BCUT2D eigenvalue weighted by Crippen LogP contribution is -2.34. The predicted molar refractivity (Wildman–Crippen MR) is 111 cm³/mol. The first-order valence-corrected chi connectivity index (χ1v) is 9.85. The number of ether oxygens (including phenoxy) is 1. The molecule has 1 aliphatic rings. The van der Waals surface area contributed by atoms with Crippen LogP contribution in [0.2, 0.25) is 0 Å². The van der Waals surface area contributed by atoms with Gasteiger partial charge in [0, 0.05) is 5.56 Å². The quantitative estimate of drug-likeness (QED) is 0.477. The van der Waals surface area contributed by atoms with Crippen LogP contribution in [-0.4, -0.2) is 50.5 Å². The smallest absolute Gasteiger partial charge is 0.284 e. The summed E-state index contributed by atoms with van der Waals surface area (Å²) in [5.41, 5.74) is 7.91. The number of rotatable bonds is 7. The van der Waals surface area contributed by atoms with Gasteiger partial charge in [-0.15, -0.1) is 0 Å². The van der Waals surface area contributed by atoms with E-state index in [9.17, 15) is 15.0 Å². The van der Waals surface area contributed by atoms with E-state index in [1.165, 1.54) is 13.8 Å². The SMILES string of the molecule is CC(C)(O)CONC(=O)c1c(N)nc(-c2cccc(C#N)c2)nc1O[C@H]1CCC[C@H]1O. The molecule has 0 radical (unpaired) electrons. The summed E-state index contributed by atoms with van der Waals surface area (Å²) < 4.78 is 5.87. The highest BCUT2D eigenvalue weighted by Crippen LogP contribution is 2.30. The Morgan fingerprint density at radius 1 is 1.39 bits per heavy atom. The third-order valence-corrected chi connectivity index (χ3v) is 4.65. The molecule has 5 N–H and O–H groups in total. The number of nitrogen functional groups attached to an aromatic ring is 1. The molecule has 3 rings (SSSR count). The van der Waals surface area contributed by atoms with Crippen molar-refractivity contribution in [2.45, 2.75) is 50.9 Å². The number of carbonyl (C=O) groups excluding carboxylic acids is 1. The van der Waals surface area contributed by atoms with Crippen LogP contribution in [0.5, 0.6) is 5.88 Å². The third-order valence-electron chi connectivity index (χ3n) is 4.65. The molecule has 31 heavy (non-hydrogen) atoms. The molecular weight excluding hydrogens is 402 g/mol. The molecule has 0 aliphatic heterocycles. The van der Waals surface area contributed by atoms with Gasteiger partial charge in [0.25, 0.3) is 5.91 Å². The molecule has 1 aromatic carbocycles. The molecule has 10 heteroatoms. The minimum absolute atomic E-state index is 0.0971. The molecule has 2 aromatic rings. The number of nitrogens with one attached hydrogen (secondary N) is 1. The van der Waals surface area contributed by atoms with Crippen molar-refractivity contribution in [1.82, 2.24) is 15.4 Å². The van der Waals surface area contributed by atoms with Gasteiger partial charge in [-0.3, -0.25) is 9.63 Å². The molecule has 0 spiro atoms. The molecule has 1 saturated carbocycles. The lowest BCUT2D eigenvalue weighted by Gasteiger charge is -2.20. The normalized spacial score (nSPS) is 18.4. The molecule has 1 aromatic heterocycles. The van der Waals surface area contributed by atoms with E-state index in [0.717, 1.165) is 6.42 Å². The average Bonchev–Trinajstić information content (AvgIpc) is 3.11. The van der Waals surface area contributed by atoms with E-state index in [4.69, 9.17) is 20.6 Å². The van der Waals surface area contributed by atoms with Crippen LogP contribution in [0.3, 0.4) is 0 Å². The first-order chi connectivity index (χ1) is 14.7. The molecular formula is C21H25N5O5. The van der Waals surface area contributed by atoms with Crippen molar-refractivity contribution >= 4 is 11.7 Å². The van der Waals surface area contributed by atoms with E-state index in [0.29, 0.717) is 24.0 Å². The Morgan fingerprint density at radius 3 is 2.81 bits per heavy atom. The number of nitrogens with two attached hydrogens (primary N) is 1. The number of hydrogen-bond donors (Lipinski definition) is 4. The van der Waals surface area contributed by atoms with Crippen LogP contribution in [-0.2, 0) is 4.84 Å². The van der Waals surface area contributed by atoms with E-state index in [1.807, 2.05) is 6.07 Å². The van der Waals surface area contributed by atoms with Crippen molar-refractivity contribution < 1.29 is 24.6 Å². The zero-order valence-corrected chi connectivity index (χ0v) is 17.3. The van der Waals surface area contributed by atoms with Gasteiger partial charge in [-0.25, -0.2) is 10.5 Å². The fraction of sp³-hybridized carbons (Fsp3) is 0.429. The van der Waals surface area contributed by atoms with Crippen molar-refractivity contribution in [3.05, 3.63) is 35.4 Å². The maximum absolute atomic E-state index is 12.7. The number of carbonyl (C=O) groups is 1. The Balaban J connectivity index is 1.96. The second-order valence-electron chi connectivity index (χ2n) is 7.99. The molecule has 0 bridgehead atoms. The van der Waals surface area contributed by atoms with Gasteiger partial charge in [0.15, 0.2) is 5.82 Å². The monoisotopic (exact) mass is 427 g/mol. The molecule has 2 atom stereocenters. The van der Waals surface area contributed by atoms with Crippen LogP contribution in [0.1, 0.15) is 49.0 Å². The Morgan fingerprint density at radius 2 is 2.16 bits per heavy atom. The van der Waals surface area contributed by atoms with Crippen molar-refractivity contribution in [2.24, 2.45) is 0 Å². The highest BCUT2D eigenvalue weighted by Gasteiger charge is 2.31. The number of benzene rings is 1. The lowest BCUT2D eigenvalue weighted by atomic mass is 10.1. The van der Waals surface area contributed by atoms with E-state index in [1.54, 1.807) is 24.3 Å². The molecule has 164 valence electrons. The summed E-state index contributed by atoms with van der Waals surface area (Å²) >= 11 is 0. The van der Waals surface area contributed by atoms with Gasteiger partial charge in [-0.1, -0.05) is 12.1 Å². The largest absolute Gasteiger partial charge is 0.471 e. The number of nitrogens with zero attached hydrogens (tertiary/aromatic N) is 3. The van der Waals surface area contributed by atoms with Crippen molar-refractivity contribution in [3.63, 3.8) is 0 Å². The van der Waals surface area contributed by atoms with Gasteiger partial charge in [-0.2, -0.15) is 10.2 Å². The Labute approximate surface area is 179 Å². The number of aliphatic hydroxyl groups excluding tert-OH is 1. The van der Waals surface area contributed by atoms with Crippen molar-refractivity contribution in [1.29, 1.82) is 5.26 Å². The molecule has 10 nitrogen and oxygen atoms in total. The van der Waals surface area contributed by atoms with E-state index in [-0.39, 0.29) is 29.7 Å². The number of amides is 1. The summed E-state index contributed by atoms with van der Waals surface area (Å²) in [7, 11) is 0. The minimum Gasteiger partial charge on any atom is -0.471 e. The average molecular weight is 427 g/mol. The maximum atomic E-state index is 12.7. The van der Waals surface area contributed by atoms with E-state index in [2.05, 4.69) is 15.4 Å². The zero-order valence-electron chi connectivity index (χ0n) is 17.3. The fourth-order valence-electron chi connectivity index (χ4n) is 3.13. The van der Waals surface area contributed by atoms with Gasteiger partial charge in [0.1, 0.15) is 24.1 Å². The topological polar surface area (TPSA) is 164 Å². The first kappa shape index (κ1) is 22.4. The second kappa shape index (κ2) is 9.26. The van der Waals surface area contributed by atoms with Gasteiger partial charge in [0.2, 0.25) is 5.88 Å². The molecule has 1 fully saturated rings. The van der Waals surface area contributed by atoms with Crippen LogP contribution in [0.25, 0.3) is 11.4 Å². The third kappa shape index (κ3) is 5.67. The number of nitriles is 1. The summed E-state index contributed by atoms with van der Waals surface area (Å²) in [6.45, 7) is 2.89. The van der Waals surface area contributed by atoms with E-state index >= 15 is 0 Å². The highest BCUT2D eigenvalue weighted by molar-refractivity contribution is 6.00. The fourth-order valence-corrected chi connectivity index (χ4v) is 3.13. The molecule has 0 unspecified atom stereocenters. The van der Waals surface area contributed by atoms with Crippen LogP contribution in [0.15, 0.2) is 24.3 Å². The zero-order chi connectivity index (χ0) is 22.6. The number of hydroxylamine groups is 1. The van der Waals surface area contributed by atoms with Gasteiger partial charge in [0.05, 0.1) is 23.3 Å².